The maximum absolute atomic E-state index is 13.6. The monoisotopic (exact) mass is 596 g/mol. The molecular formula is C32H29BrN4O3. The number of aromatic nitrogens is 2. The normalized spacial score (nSPS) is 11.8. The number of benzene rings is 4. The molecule has 8 heteroatoms. The maximum Gasteiger partial charge on any atom is 0.282 e. The molecule has 0 aliphatic carbocycles. The molecule has 1 N–H and O–H groups in total. The molecule has 0 aliphatic heterocycles. The van der Waals surface area contributed by atoms with E-state index in [4.69, 9.17) is 9.72 Å². The molecule has 5 rings (SSSR count). The fraction of sp³-hybridized carbons (Fsp3) is 0.188. The standard InChI is InChI=1S/C32H29BrN4O3/c1-20-9-5-8-12-26(20)35-29(38)19-40-28-16-13-21-10-6-7-11-23(21)25(28)18-34-37-30(39)24-17-22(33)14-15-27(24)36-31(37)32(2,3)4/h5-18H,19H2,1-4H3,(H,35,38). The van der Waals surface area contributed by atoms with Crippen LogP contribution in [0.2, 0.25) is 0 Å². The molecule has 0 saturated carbocycles. The maximum atomic E-state index is 13.6. The van der Waals surface area contributed by atoms with Gasteiger partial charge in [-0.05, 0) is 53.6 Å². The summed E-state index contributed by atoms with van der Waals surface area (Å²) in [6, 6.07) is 24.6. The number of hydrogen-bond donors (Lipinski definition) is 1. The number of fused-ring (bicyclic) bond motifs is 2. The van der Waals surface area contributed by atoms with Gasteiger partial charge in [0.15, 0.2) is 6.61 Å². The Bertz CT molecular complexity index is 1840. The van der Waals surface area contributed by atoms with Crippen molar-refractivity contribution in [1.82, 2.24) is 9.66 Å². The van der Waals surface area contributed by atoms with E-state index in [1.807, 2.05) is 100 Å². The number of para-hydroxylation sites is 1. The first-order valence-corrected chi connectivity index (χ1v) is 13.7. The third-order valence-corrected chi connectivity index (χ3v) is 6.98. The van der Waals surface area contributed by atoms with Crippen molar-refractivity contribution in [2.75, 3.05) is 11.9 Å². The zero-order valence-corrected chi connectivity index (χ0v) is 24.3. The van der Waals surface area contributed by atoms with Crippen LogP contribution >= 0.6 is 15.9 Å². The van der Waals surface area contributed by atoms with Gasteiger partial charge in [-0.2, -0.15) is 9.78 Å². The molecule has 0 fully saturated rings. The number of carbonyl (C=O) groups excluding carboxylic acids is 1. The quantitative estimate of drug-likeness (QED) is 0.218. The van der Waals surface area contributed by atoms with Crippen molar-refractivity contribution in [3.63, 3.8) is 0 Å². The molecule has 0 radical (unpaired) electrons. The number of amides is 1. The van der Waals surface area contributed by atoms with Crippen LogP contribution in [0.4, 0.5) is 5.69 Å². The van der Waals surface area contributed by atoms with Crippen molar-refractivity contribution in [2.24, 2.45) is 5.10 Å². The van der Waals surface area contributed by atoms with Crippen LogP contribution in [0, 0.1) is 6.92 Å². The molecule has 40 heavy (non-hydrogen) atoms. The van der Waals surface area contributed by atoms with Crippen molar-refractivity contribution in [2.45, 2.75) is 33.1 Å². The first-order valence-electron chi connectivity index (χ1n) is 12.9. The van der Waals surface area contributed by atoms with Gasteiger partial charge in [0.2, 0.25) is 0 Å². The minimum absolute atomic E-state index is 0.188. The summed E-state index contributed by atoms with van der Waals surface area (Å²) < 4.78 is 8.15. The molecule has 0 aliphatic rings. The lowest BCUT2D eigenvalue weighted by atomic mass is 9.95. The molecule has 7 nitrogen and oxygen atoms in total. The van der Waals surface area contributed by atoms with E-state index in [1.165, 1.54) is 4.68 Å². The number of ether oxygens (including phenoxy) is 1. The summed E-state index contributed by atoms with van der Waals surface area (Å²) in [5, 5.41) is 9.87. The molecule has 0 unspecified atom stereocenters. The molecule has 0 bridgehead atoms. The number of halogens is 1. The van der Waals surface area contributed by atoms with E-state index >= 15 is 0 Å². The average molecular weight is 598 g/mol. The molecule has 0 spiro atoms. The number of hydrogen-bond acceptors (Lipinski definition) is 5. The van der Waals surface area contributed by atoms with Gasteiger partial charge in [-0.3, -0.25) is 9.59 Å². The van der Waals surface area contributed by atoms with Crippen LogP contribution in [-0.4, -0.2) is 28.4 Å². The zero-order valence-electron chi connectivity index (χ0n) is 22.7. The molecular weight excluding hydrogens is 568 g/mol. The zero-order chi connectivity index (χ0) is 28.4. The lowest BCUT2D eigenvalue weighted by Gasteiger charge is -2.21. The second kappa shape index (κ2) is 11.1. The van der Waals surface area contributed by atoms with E-state index in [2.05, 4.69) is 26.3 Å². The van der Waals surface area contributed by atoms with Crippen molar-refractivity contribution in [1.29, 1.82) is 0 Å². The number of nitrogens with one attached hydrogen (secondary N) is 1. The molecule has 1 aromatic heterocycles. The minimum atomic E-state index is -0.455. The van der Waals surface area contributed by atoms with Crippen molar-refractivity contribution >= 4 is 55.4 Å². The Morgan fingerprint density at radius 1 is 1.02 bits per heavy atom. The van der Waals surface area contributed by atoms with E-state index in [1.54, 1.807) is 12.3 Å². The van der Waals surface area contributed by atoms with Crippen LogP contribution in [0.5, 0.6) is 5.75 Å². The second-order valence-electron chi connectivity index (χ2n) is 10.6. The van der Waals surface area contributed by atoms with Crippen LogP contribution in [0.1, 0.15) is 37.7 Å². The summed E-state index contributed by atoms with van der Waals surface area (Å²) in [5.41, 5.74) is 2.24. The smallest absolute Gasteiger partial charge is 0.282 e. The lowest BCUT2D eigenvalue weighted by molar-refractivity contribution is -0.118. The minimum Gasteiger partial charge on any atom is -0.483 e. The Morgan fingerprint density at radius 3 is 2.55 bits per heavy atom. The molecule has 5 aromatic rings. The van der Waals surface area contributed by atoms with Gasteiger partial charge >= 0.3 is 0 Å². The third kappa shape index (κ3) is 5.67. The predicted molar refractivity (Wildman–Crippen MR) is 165 cm³/mol. The molecule has 1 heterocycles. The van der Waals surface area contributed by atoms with E-state index in [0.29, 0.717) is 28.0 Å². The molecule has 0 saturated heterocycles. The Hall–Kier alpha value is -4.30. The SMILES string of the molecule is Cc1ccccc1NC(=O)COc1ccc2ccccc2c1C=Nn1c(C(C)(C)C)nc2ccc(Br)cc2c1=O. The number of nitrogens with zero attached hydrogens (tertiary/aromatic N) is 3. The van der Waals surface area contributed by atoms with Crippen molar-refractivity contribution in [3.8, 4) is 5.75 Å². The largest absolute Gasteiger partial charge is 0.483 e. The number of carbonyl (C=O) groups is 1. The number of aryl methyl sites for hydroxylation is 1. The Labute approximate surface area is 240 Å². The van der Waals surface area contributed by atoms with Crippen molar-refractivity contribution in [3.05, 3.63) is 111 Å². The molecule has 1 amide bonds. The fourth-order valence-electron chi connectivity index (χ4n) is 4.43. The van der Waals surface area contributed by atoms with Crippen LogP contribution < -0.4 is 15.6 Å². The second-order valence-corrected chi connectivity index (χ2v) is 11.5. The van der Waals surface area contributed by atoms with Gasteiger partial charge in [-0.1, -0.05) is 85.2 Å². The lowest BCUT2D eigenvalue weighted by Crippen LogP contribution is -2.29. The van der Waals surface area contributed by atoms with E-state index < -0.39 is 5.41 Å². The Kier molecular flexibility index (Phi) is 7.54. The first-order chi connectivity index (χ1) is 19.1. The summed E-state index contributed by atoms with van der Waals surface area (Å²) in [7, 11) is 0. The van der Waals surface area contributed by atoms with E-state index in [-0.39, 0.29) is 18.1 Å². The van der Waals surface area contributed by atoms with Gasteiger partial charge in [0, 0.05) is 21.1 Å². The van der Waals surface area contributed by atoms with Crippen LogP contribution in [-0.2, 0) is 10.2 Å². The highest BCUT2D eigenvalue weighted by molar-refractivity contribution is 9.10. The first kappa shape index (κ1) is 27.3. The summed E-state index contributed by atoms with van der Waals surface area (Å²) in [6.07, 6.45) is 1.61. The molecule has 0 atom stereocenters. The van der Waals surface area contributed by atoms with Gasteiger partial charge in [-0.15, -0.1) is 0 Å². The van der Waals surface area contributed by atoms with Gasteiger partial charge in [0.25, 0.3) is 11.5 Å². The molecule has 202 valence electrons. The van der Waals surface area contributed by atoms with Gasteiger partial charge in [0.05, 0.1) is 17.1 Å². The Morgan fingerprint density at radius 2 is 1.77 bits per heavy atom. The van der Waals surface area contributed by atoms with Crippen LogP contribution in [0.3, 0.4) is 0 Å². The fourth-order valence-corrected chi connectivity index (χ4v) is 4.80. The van der Waals surface area contributed by atoms with Gasteiger partial charge in [-0.25, -0.2) is 4.98 Å². The average Bonchev–Trinajstić information content (AvgIpc) is 2.92. The van der Waals surface area contributed by atoms with E-state index in [0.717, 1.165) is 26.5 Å². The van der Waals surface area contributed by atoms with Gasteiger partial charge < -0.3 is 10.1 Å². The predicted octanol–water partition coefficient (Wildman–Crippen LogP) is 6.82. The third-order valence-electron chi connectivity index (χ3n) is 6.49. The van der Waals surface area contributed by atoms with Crippen LogP contribution in [0.25, 0.3) is 21.7 Å². The highest BCUT2D eigenvalue weighted by Crippen LogP contribution is 2.28. The number of rotatable bonds is 6. The van der Waals surface area contributed by atoms with Crippen molar-refractivity contribution < 1.29 is 9.53 Å². The van der Waals surface area contributed by atoms with E-state index in [9.17, 15) is 9.59 Å². The number of anilines is 1. The summed E-state index contributed by atoms with van der Waals surface area (Å²) >= 11 is 3.45. The summed E-state index contributed by atoms with van der Waals surface area (Å²) in [5.74, 6) is 0.731. The molecule has 4 aromatic carbocycles. The topological polar surface area (TPSA) is 85.6 Å². The summed E-state index contributed by atoms with van der Waals surface area (Å²) in [4.78, 5) is 31.2. The Balaban J connectivity index is 1.55. The summed E-state index contributed by atoms with van der Waals surface area (Å²) in [6.45, 7) is 7.72. The van der Waals surface area contributed by atoms with Crippen LogP contribution in [0.15, 0.2) is 93.2 Å². The highest BCUT2D eigenvalue weighted by Gasteiger charge is 2.23. The van der Waals surface area contributed by atoms with Gasteiger partial charge in [0.1, 0.15) is 11.6 Å². The highest BCUT2D eigenvalue weighted by atomic mass is 79.9.